The Morgan fingerprint density at radius 1 is 1.03 bits per heavy atom. The highest BCUT2D eigenvalue weighted by molar-refractivity contribution is 6.00. The van der Waals surface area contributed by atoms with Crippen molar-refractivity contribution in [3.63, 3.8) is 0 Å². The van der Waals surface area contributed by atoms with E-state index in [-0.39, 0.29) is 23.8 Å². The van der Waals surface area contributed by atoms with Crippen LogP contribution >= 0.6 is 0 Å². The van der Waals surface area contributed by atoms with Gasteiger partial charge in [-0.2, -0.15) is 5.10 Å². The van der Waals surface area contributed by atoms with Crippen LogP contribution in [0.25, 0.3) is 11.3 Å². The number of likely N-dealkylation sites (tertiary alicyclic amines) is 1. The standard InChI is InChI=1S/C29H36N4O3/c1-20(2)21(3)30-28(34)24-14-16-32(17-15-24)29(35)26-19-33(18-22-8-6-5-7-9-22)31-27(26)23-10-12-25(36-4)13-11-23/h5-13,19-21,24H,14-18H2,1-4H3,(H,30,34). The van der Waals surface area contributed by atoms with Gasteiger partial charge in [-0.3, -0.25) is 14.3 Å². The fourth-order valence-electron chi connectivity index (χ4n) is 4.42. The molecule has 0 spiro atoms. The van der Waals surface area contributed by atoms with E-state index < -0.39 is 0 Å². The zero-order valence-corrected chi connectivity index (χ0v) is 21.6. The van der Waals surface area contributed by atoms with Crippen LogP contribution in [0.3, 0.4) is 0 Å². The summed E-state index contributed by atoms with van der Waals surface area (Å²) in [6.45, 7) is 7.93. The molecule has 2 heterocycles. The molecule has 0 aliphatic carbocycles. The van der Waals surface area contributed by atoms with E-state index in [0.29, 0.717) is 49.7 Å². The van der Waals surface area contributed by atoms with Gasteiger partial charge in [0.15, 0.2) is 0 Å². The molecule has 1 unspecified atom stereocenters. The smallest absolute Gasteiger partial charge is 0.257 e. The van der Waals surface area contributed by atoms with Gasteiger partial charge in [0.25, 0.3) is 5.91 Å². The average molecular weight is 489 g/mol. The summed E-state index contributed by atoms with van der Waals surface area (Å²) in [5.74, 6) is 1.13. The maximum atomic E-state index is 13.7. The number of amides is 2. The van der Waals surface area contributed by atoms with Gasteiger partial charge < -0.3 is 15.0 Å². The van der Waals surface area contributed by atoms with Crippen LogP contribution in [0, 0.1) is 11.8 Å². The minimum atomic E-state index is -0.0582. The number of hydrogen-bond acceptors (Lipinski definition) is 4. The second-order valence-corrected chi connectivity index (χ2v) is 9.91. The third kappa shape index (κ3) is 5.96. The molecule has 0 bridgehead atoms. The summed E-state index contributed by atoms with van der Waals surface area (Å²) in [5, 5.41) is 7.93. The van der Waals surface area contributed by atoms with Crippen molar-refractivity contribution in [2.75, 3.05) is 20.2 Å². The largest absolute Gasteiger partial charge is 0.497 e. The van der Waals surface area contributed by atoms with Crippen LogP contribution in [-0.4, -0.2) is 52.7 Å². The molecule has 7 nitrogen and oxygen atoms in total. The van der Waals surface area contributed by atoms with Crippen LogP contribution in [0.15, 0.2) is 60.8 Å². The third-order valence-corrected chi connectivity index (χ3v) is 7.07. The summed E-state index contributed by atoms with van der Waals surface area (Å²) >= 11 is 0. The first kappa shape index (κ1) is 25.5. The number of hydrogen-bond donors (Lipinski definition) is 1. The molecule has 2 amide bonds. The van der Waals surface area contributed by atoms with E-state index in [1.165, 1.54) is 0 Å². The Hall–Kier alpha value is -3.61. The monoisotopic (exact) mass is 488 g/mol. The van der Waals surface area contributed by atoms with Gasteiger partial charge in [0.1, 0.15) is 11.4 Å². The molecule has 1 aliphatic heterocycles. The highest BCUT2D eigenvalue weighted by Gasteiger charge is 2.30. The van der Waals surface area contributed by atoms with Crippen molar-refractivity contribution in [2.24, 2.45) is 11.8 Å². The zero-order valence-electron chi connectivity index (χ0n) is 21.6. The Bertz CT molecular complexity index is 1160. The molecule has 1 fully saturated rings. The van der Waals surface area contributed by atoms with E-state index in [9.17, 15) is 9.59 Å². The number of aromatic nitrogens is 2. The summed E-state index contributed by atoms with van der Waals surface area (Å²) in [5.41, 5.74) is 3.21. The lowest BCUT2D eigenvalue weighted by molar-refractivity contribution is -0.127. The number of carbonyl (C=O) groups is 2. The van der Waals surface area contributed by atoms with Crippen molar-refractivity contribution in [2.45, 2.75) is 46.2 Å². The molecular weight excluding hydrogens is 452 g/mol. The molecule has 0 saturated carbocycles. The van der Waals surface area contributed by atoms with Gasteiger partial charge in [-0.1, -0.05) is 44.2 Å². The minimum absolute atomic E-state index is 0.0467. The Morgan fingerprint density at radius 2 is 1.69 bits per heavy atom. The van der Waals surface area contributed by atoms with Gasteiger partial charge in [0.2, 0.25) is 5.91 Å². The van der Waals surface area contributed by atoms with E-state index in [2.05, 4.69) is 19.2 Å². The lowest BCUT2D eigenvalue weighted by atomic mass is 9.94. The second-order valence-electron chi connectivity index (χ2n) is 9.91. The minimum Gasteiger partial charge on any atom is -0.497 e. The molecule has 4 rings (SSSR count). The van der Waals surface area contributed by atoms with Crippen LogP contribution in [0.5, 0.6) is 5.75 Å². The van der Waals surface area contributed by atoms with Crippen molar-refractivity contribution < 1.29 is 14.3 Å². The first-order valence-electron chi connectivity index (χ1n) is 12.7. The first-order chi connectivity index (χ1) is 17.4. The Kier molecular flexibility index (Phi) is 8.08. The van der Waals surface area contributed by atoms with Crippen molar-refractivity contribution in [1.29, 1.82) is 0 Å². The van der Waals surface area contributed by atoms with Crippen molar-refractivity contribution in [3.05, 3.63) is 71.9 Å². The van der Waals surface area contributed by atoms with Crippen molar-refractivity contribution >= 4 is 11.8 Å². The SMILES string of the molecule is COc1ccc(-c2nn(Cc3ccccc3)cc2C(=O)N2CCC(C(=O)NC(C)C(C)C)CC2)cc1. The number of piperidine rings is 1. The second kappa shape index (κ2) is 11.4. The molecule has 7 heteroatoms. The molecule has 190 valence electrons. The van der Waals surface area contributed by atoms with Crippen LogP contribution in [-0.2, 0) is 11.3 Å². The molecule has 1 aliphatic rings. The van der Waals surface area contributed by atoms with Crippen LogP contribution in [0.1, 0.15) is 49.5 Å². The fourth-order valence-corrected chi connectivity index (χ4v) is 4.42. The molecule has 1 atom stereocenters. The predicted molar refractivity (Wildman–Crippen MR) is 141 cm³/mol. The van der Waals surface area contributed by atoms with E-state index >= 15 is 0 Å². The first-order valence-corrected chi connectivity index (χ1v) is 12.7. The molecule has 1 N–H and O–H groups in total. The topological polar surface area (TPSA) is 76.5 Å². The lowest BCUT2D eigenvalue weighted by Crippen LogP contribution is -2.45. The zero-order chi connectivity index (χ0) is 25.7. The molecule has 1 saturated heterocycles. The number of benzene rings is 2. The highest BCUT2D eigenvalue weighted by atomic mass is 16.5. The van der Waals surface area contributed by atoms with Crippen LogP contribution in [0.2, 0.25) is 0 Å². The Balaban J connectivity index is 1.52. The summed E-state index contributed by atoms with van der Waals surface area (Å²) in [6.07, 6.45) is 3.18. The van der Waals surface area contributed by atoms with Gasteiger partial charge >= 0.3 is 0 Å². The fraction of sp³-hybridized carbons (Fsp3) is 0.414. The number of nitrogens with zero attached hydrogens (tertiary/aromatic N) is 3. The summed E-state index contributed by atoms with van der Waals surface area (Å²) in [6, 6.07) is 17.8. The van der Waals surface area contributed by atoms with Gasteiger partial charge in [-0.25, -0.2) is 0 Å². The lowest BCUT2D eigenvalue weighted by Gasteiger charge is -2.32. The Labute approximate surface area is 213 Å². The summed E-state index contributed by atoms with van der Waals surface area (Å²) < 4.78 is 7.12. The average Bonchev–Trinajstić information content (AvgIpc) is 3.32. The van der Waals surface area contributed by atoms with Gasteiger partial charge in [-0.05, 0) is 55.5 Å². The van der Waals surface area contributed by atoms with E-state index in [1.54, 1.807) is 7.11 Å². The molecular formula is C29H36N4O3. The van der Waals surface area contributed by atoms with Crippen molar-refractivity contribution in [1.82, 2.24) is 20.0 Å². The summed E-state index contributed by atoms with van der Waals surface area (Å²) in [4.78, 5) is 28.2. The predicted octanol–water partition coefficient (Wildman–Crippen LogP) is 4.62. The molecule has 3 aromatic rings. The number of carbonyl (C=O) groups excluding carboxylic acids is 2. The third-order valence-electron chi connectivity index (χ3n) is 7.07. The molecule has 36 heavy (non-hydrogen) atoms. The molecule has 2 aromatic carbocycles. The number of methoxy groups -OCH3 is 1. The maximum Gasteiger partial charge on any atom is 0.257 e. The van der Waals surface area contributed by atoms with E-state index in [4.69, 9.17) is 9.84 Å². The normalized spacial score (nSPS) is 15.1. The summed E-state index contributed by atoms with van der Waals surface area (Å²) in [7, 11) is 1.63. The van der Waals surface area contributed by atoms with E-state index in [1.807, 2.05) is 77.3 Å². The van der Waals surface area contributed by atoms with Crippen LogP contribution in [0.4, 0.5) is 0 Å². The van der Waals surface area contributed by atoms with Gasteiger partial charge in [0, 0.05) is 36.8 Å². The number of rotatable bonds is 8. The number of nitrogens with one attached hydrogen (secondary N) is 1. The quantitative estimate of drug-likeness (QED) is 0.502. The number of ether oxygens (including phenoxy) is 1. The molecule has 1 aromatic heterocycles. The van der Waals surface area contributed by atoms with Gasteiger partial charge in [0.05, 0.1) is 19.2 Å². The van der Waals surface area contributed by atoms with E-state index in [0.717, 1.165) is 16.9 Å². The van der Waals surface area contributed by atoms with Crippen LogP contribution < -0.4 is 10.1 Å². The molecule has 0 radical (unpaired) electrons. The van der Waals surface area contributed by atoms with Crippen molar-refractivity contribution in [3.8, 4) is 17.0 Å². The Morgan fingerprint density at radius 3 is 2.31 bits per heavy atom. The maximum absolute atomic E-state index is 13.7. The highest BCUT2D eigenvalue weighted by Crippen LogP contribution is 2.28. The van der Waals surface area contributed by atoms with Gasteiger partial charge in [-0.15, -0.1) is 0 Å².